The van der Waals surface area contributed by atoms with Gasteiger partial charge in [0.05, 0.1) is 0 Å². The Morgan fingerprint density at radius 2 is 1.86 bits per heavy atom. The average molecular weight is 384 g/mol. The first-order valence-corrected chi connectivity index (χ1v) is 10.1. The molecule has 7 nitrogen and oxygen atoms in total. The molecule has 0 unspecified atom stereocenters. The van der Waals surface area contributed by atoms with Crippen molar-refractivity contribution >= 4 is 28.7 Å². The molecule has 1 amide bonds. The number of likely N-dealkylation sites (tertiary alicyclic amines) is 1. The van der Waals surface area contributed by atoms with Gasteiger partial charge in [-0.3, -0.25) is 9.36 Å². The summed E-state index contributed by atoms with van der Waals surface area (Å²) in [6.45, 7) is 6.99. The van der Waals surface area contributed by atoms with E-state index in [1.807, 2.05) is 39.1 Å². The summed E-state index contributed by atoms with van der Waals surface area (Å²) in [6.07, 6.45) is 6.99. The van der Waals surface area contributed by atoms with Gasteiger partial charge in [-0.25, -0.2) is 9.78 Å². The molecule has 2 aromatic rings. The van der Waals surface area contributed by atoms with Crippen LogP contribution in [0.1, 0.15) is 51.2 Å². The van der Waals surface area contributed by atoms with E-state index in [9.17, 15) is 9.59 Å². The molecule has 1 saturated heterocycles. The molecule has 3 heterocycles. The van der Waals surface area contributed by atoms with E-state index in [0.717, 1.165) is 36.8 Å². The monoisotopic (exact) mass is 384 g/mol. The van der Waals surface area contributed by atoms with Gasteiger partial charge in [0.25, 0.3) is 0 Å². The molecule has 7 heteroatoms. The van der Waals surface area contributed by atoms with Crippen molar-refractivity contribution in [1.29, 1.82) is 0 Å². The van der Waals surface area contributed by atoms with E-state index in [4.69, 9.17) is 4.74 Å². The average Bonchev–Trinajstić information content (AvgIpc) is 3.40. The van der Waals surface area contributed by atoms with Gasteiger partial charge in [-0.1, -0.05) is 0 Å². The highest BCUT2D eigenvalue weighted by molar-refractivity contribution is 5.97. The fourth-order valence-electron chi connectivity index (χ4n) is 3.62. The Hall–Kier alpha value is -2.57. The first kappa shape index (κ1) is 18.8. The Labute approximate surface area is 165 Å². The number of rotatable bonds is 3. The zero-order chi connectivity index (χ0) is 19.9. The molecule has 0 atom stereocenters. The number of ether oxygens (including phenoxy) is 1. The lowest BCUT2D eigenvalue weighted by molar-refractivity contribution is 0.0210. The predicted octanol–water partition coefficient (Wildman–Crippen LogP) is 3.90. The second-order valence-electron chi connectivity index (χ2n) is 8.78. The molecule has 2 aliphatic rings. The summed E-state index contributed by atoms with van der Waals surface area (Å²) < 4.78 is 7.15. The van der Waals surface area contributed by atoms with E-state index < -0.39 is 5.60 Å². The van der Waals surface area contributed by atoms with Gasteiger partial charge in [-0.15, -0.1) is 0 Å². The summed E-state index contributed by atoms with van der Waals surface area (Å²) in [5.74, 6) is 0.302. The molecule has 1 N–H and O–H groups in total. The van der Waals surface area contributed by atoms with Gasteiger partial charge in [0.1, 0.15) is 11.2 Å². The molecular formula is C21H28N4O3. The van der Waals surface area contributed by atoms with E-state index in [-0.39, 0.29) is 24.0 Å². The minimum Gasteiger partial charge on any atom is -0.444 e. The summed E-state index contributed by atoms with van der Waals surface area (Å²) in [5, 5.41) is 4.55. The zero-order valence-corrected chi connectivity index (χ0v) is 16.8. The fourth-order valence-corrected chi connectivity index (χ4v) is 3.62. The standard InChI is InChI=1S/C21H28N4O3/c1-21(2,3)28-20(27)24-11-7-15(8-12-24)23-17-6-10-22-18-16(17)9-13-25(18)19(26)14-4-5-14/h6,9-10,13-15H,4-5,7-8,11-12H2,1-3H3,(H,22,23). The van der Waals surface area contributed by atoms with Crippen LogP contribution in [0.3, 0.4) is 0 Å². The largest absolute Gasteiger partial charge is 0.444 e. The highest BCUT2D eigenvalue weighted by Crippen LogP contribution is 2.33. The molecule has 1 saturated carbocycles. The van der Waals surface area contributed by atoms with Gasteiger partial charge in [0.2, 0.25) is 5.91 Å². The van der Waals surface area contributed by atoms with Crippen molar-refractivity contribution in [2.45, 2.75) is 58.1 Å². The Morgan fingerprint density at radius 3 is 2.50 bits per heavy atom. The van der Waals surface area contributed by atoms with Crippen molar-refractivity contribution in [2.24, 2.45) is 5.92 Å². The van der Waals surface area contributed by atoms with Crippen LogP contribution in [0.15, 0.2) is 24.5 Å². The van der Waals surface area contributed by atoms with Gasteiger partial charge in [0.15, 0.2) is 0 Å². The van der Waals surface area contributed by atoms with Crippen molar-refractivity contribution in [3.63, 3.8) is 0 Å². The van der Waals surface area contributed by atoms with Crippen molar-refractivity contribution in [1.82, 2.24) is 14.5 Å². The summed E-state index contributed by atoms with van der Waals surface area (Å²) in [6, 6.07) is 4.18. The van der Waals surface area contributed by atoms with Crippen LogP contribution in [-0.2, 0) is 4.74 Å². The molecule has 0 radical (unpaired) electrons. The van der Waals surface area contributed by atoms with Gasteiger partial charge in [0, 0.05) is 48.5 Å². The van der Waals surface area contributed by atoms with Crippen LogP contribution in [0, 0.1) is 5.92 Å². The highest BCUT2D eigenvalue weighted by Gasteiger charge is 2.32. The molecule has 150 valence electrons. The highest BCUT2D eigenvalue weighted by atomic mass is 16.6. The number of amides is 1. The Morgan fingerprint density at radius 1 is 1.14 bits per heavy atom. The number of anilines is 1. The van der Waals surface area contributed by atoms with Crippen molar-refractivity contribution < 1.29 is 14.3 Å². The lowest BCUT2D eigenvalue weighted by atomic mass is 10.0. The number of carbonyl (C=O) groups is 2. The minimum atomic E-state index is -0.472. The number of hydrogen-bond acceptors (Lipinski definition) is 5. The van der Waals surface area contributed by atoms with Crippen LogP contribution in [0.25, 0.3) is 11.0 Å². The third kappa shape index (κ3) is 3.98. The van der Waals surface area contributed by atoms with E-state index in [1.165, 1.54) is 0 Å². The number of pyridine rings is 1. The number of carbonyl (C=O) groups excluding carboxylic acids is 2. The third-order valence-corrected chi connectivity index (χ3v) is 5.26. The summed E-state index contributed by atoms with van der Waals surface area (Å²) in [4.78, 5) is 30.9. The van der Waals surface area contributed by atoms with Gasteiger partial charge in [-0.2, -0.15) is 0 Å². The number of piperidine rings is 1. The van der Waals surface area contributed by atoms with Crippen LogP contribution in [0.4, 0.5) is 10.5 Å². The van der Waals surface area contributed by atoms with Crippen molar-refractivity contribution in [3.8, 4) is 0 Å². The normalized spacial score (nSPS) is 18.3. The lowest BCUT2D eigenvalue weighted by Crippen LogP contribution is -2.44. The summed E-state index contributed by atoms with van der Waals surface area (Å²) in [5.41, 5.74) is 1.23. The summed E-state index contributed by atoms with van der Waals surface area (Å²) in [7, 11) is 0. The van der Waals surface area contributed by atoms with Crippen molar-refractivity contribution in [2.75, 3.05) is 18.4 Å². The van der Waals surface area contributed by atoms with E-state index >= 15 is 0 Å². The van der Waals surface area contributed by atoms with E-state index in [1.54, 1.807) is 15.7 Å². The van der Waals surface area contributed by atoms with Crippen LogP contribution in [-0.4, -0.2) is 51.2 Å². The Balaban J connectivity index is 1.41. The molecule has 28 heavy (non-hydrogen) atoms. The SMILES string of the molecule is CC(C)(C)OC(=O)N1CCC(Nc2ccnc3c2ccn3C(=O)C2CC2)CC1. The maximum atomic E-state index is 12.4. The second-order valence-corrected chi connectivity index (χ2v) is 8.78. The van der Waals surface area contributed by atoms with Gasteiger partial charge < -0.3 is 15.0 Å². The number of hydrogen-bond donors (Lipinski definition) is 1. The van der Waals surface area contributed by atoms with E-state index in [0.29, 0.717) is 18.7 Å². The van der Waals surface area contributed by atoms with Crippen LogP contribution >= 0.6 is 0 Å². The Kier molecular flexibility index (Phi) is 4.77. The topological polar surface area (TPSA) is 76.5 Å². The number of fused-ring (bicyclic) bond motifs is 1. The maximum Gasteiger partial charge on any atom is 0.410 e. The van der Waals surface area contributed by atoms with Gasteiger partial charge >= 0.3 is 6.09 Å². The molecule has 0 bridgehead atoms. The molecule has 2 fully saturated rings. The predicted molar refractivity (Wildman–Crippen MR) is 108 cm³/mol. The third-order valence-electron chi connectivity index (χ3n) is 5.26. The molecule has 1 aliphatic heterocycles. The van der Waals surface area contributed by atoms with Gasteiger partial charge in [-0.05, 0) is 58.6 Å². The fraction of sp³-hybridized carbons (Fsp3) is 0.571. The van der Waals surface area contributed by atoms with Crippen LogP contribution in [0.2, 0.25) is 0 Å². The first-order chi connectivity index (χ1) is 13.3. The quantitative estimate of drug-likeness (QED) is 0.869. The molecule has 0 spiro atoms. The lowest BCUT2D eigenvalue weighted by Gasteiger charge is -2.34. The number of nitrogens with one attached hydrogen (secondary N) is 1. The minimum absolute atomic E-state index is 0.144. The molecule has 1 aliphatic carbocycles. The zero-order valence-electron chi connectivity index (χ0n) is 16.8. The second kappa shape index (κ2) is 7.11. The molecule has 0 aromatic carbocycles. The van der Waals surface area contributed by atoms with Crippen molar-refractivity contribution in [3.05, 3.63) is 24.5 Å². The van der Waals surface area contributed by atoms with Crippen LogP contribution in [0.5, 0.6) is 0 Å². The summed E-state index contributed by atoms with van der Waals surface area (Å²) >= 11 is 0. The number of nitrogens with zero attached hydrogens (tertiary/aromatic N) is 3. The molecular weight excluding hydrogens is 356 g/mol. The van der Waals surface area contributed by atoms with E-state index in [2.05, 4.69) is 10.3 Å². The smallest absolute Gasteiger partial charge is 0.410 e. The van der Waals surface area contributed by atoms with Crippen LogP contribution < -0.4 is 5.32 Å². The Bertz CT molecular complexity index is 887. The maximum absolute atomic E-state index is 12.4. The number of aromatic nitrogens is 2. The molecule has 2 aromatic heterocycles. The first-order valence-electron chi connectivity index (χ1n) is 10.1. The molecule has 4 rings (SSSR count).